The third kappa shape index (κ3) is 5.17. The molecule has 0 bridgehead atoms. The predicted molar refractivity (Wildman–Crippen MR) is 108 cm³/mol. The van der Waals surface area contributed by atoms with Gasteiger partial charge in [-0.15, -0.1) is 10.2 Å². The highest BCUT2D eigenvalue weighted by molar-refractivity contribution is 5.92. The van der Waals surface area contributed by atoms with Gasteiger partial charge in [-0.3, -0.25) is 4.79 Å². The van der Waals surface area contributed by atoms with Crippen molar-refractivity contribution in [1.29, 1.82) is 0 Å². The summed E-state index contributed by atoms with van der Waals surface area (Å²) >= 11 is 0. The lowest BCUT2D eigenvalue weighted by molar-refractivity contribution is 0.0739. The highest BCUT2D eigenvalue weighted by Crippen LogP contribution is 2.18. The molecule has 0 aliphatic carbocycles. The van der Waals surface area contributed by atoms with E-state index in [0.29, 0.717) is 24.6 Å². The summed E-state index contributed by atoms with van der Waals surface area (Å²) in [6.45, 7) is 6.83. The maximum Gasteiger partial charge on any atom is 0.274 e. The number of anilines is 2. The molecule has 0 radical (unpaired) electrons. The second kappa shape index (κ2) is 8.81. The Morgan fingerprint density at radius 3 is 2.52 bits per heavy atom. The molecule has 1 N–H and O–H groups in total. The van der Waals surface area contributed by atoms with E-state index in [-0.39, 0.29) is 5.91 Å². The van der Waals surface area contributed by atoms with Crippen molar-refractivity contribution in [2.45, 2.75) is 6.92 Å². The molecule has 0 saturated carbocycles. The van der Waals surface area contributed by atoms with Crippen molar-refractivity contribution in [3.8, 4) is 0 Å². The van der Waals surface area contributed by atoms with Gasteiger partial charge in [0.25, 0.3) is 5.91 Å². The molecule has 1 fully saturated rings. The van der Waals surface area contributed by atoms with E-state index < -0.39 is 0 Å². The number of aromatic nitrogens is 2. The summed E-state index contributed by atoms with van der Waals surface area (Å²) in [6, 6.07) is 12.1. The zero-order chi connectivity index (χ0) is 19.2. The zero-order valence-electron chi connectivity index (χ0n) is 16.4. The highest BCUT2D eigenvalue weighted by atomic mass is 16.2. The molecule has 1 aliphatic heterocycles. The predicted octanol–water partition coefficient (Wildman–Crippen LogP) is 1.72. The Kier molecular flexibility index (Phi) is 6.24. The minimum Gasteiger partial charge on any atom is -0.368 e. The topological polar surface area (TPSA) is 64.6 Å². The lowest BCUT2D eigenvalue weighted by Crippen LogP contribution is -2.49. The van der Waals surface area contributed by atoms with Crippen LogP contribution < -0.4 is 10.2 Å². The molecule has 0 atom stereocenters. The molecule has 7 nitrogen and oxygen atoms in total. The van der Waals surface area contributed by atoms with Crippen molar-refractivity contribution in [3.63, 3.8) is 0 Å². The van der Waals surface area contributed by atoms with Crippen LogP contribution in [0.25, 0.3) is 0 Å². The number of carbonyl (C=O) groups excluding carboxylic acids is 1. The molecule has 27 heavy (non-hydrogen) atoms. The van der Waals surface area contributed by atoms with Crippen LogP contribution in [0.1, 0.15) is 16.1 Å². The van der Waals surface area contributed by atoms with Crippen molar-refractivity contribution >= 4 is 17.4 Å². The molecule has 1 saturated heterocycles. The minimum atomic E-state index is -0.0498. The number of rotatable bonds is 6. The van der Waals surface area contributed by atoms with E-state index in [9.17, 15) is 4.79 Å². The van der Waals surface area contributed by atoms with E-state index in [1.54, 1.807) is 6.07 Å². The van der Waals surface area contributed by atoms with E-state index in [0.717, 1.165) is 26.2 Å². The van der Waals surface area contributed by atoms with Crippen LogP contribution >= 0.6 is 0 Å². The van der Waals surface area contributed by atoms with Crippen LogP contribution in [0.4, 0.5) is 11.5 Å². The third-order valence-electron chi connectivity index (χ3n) is 4.68. The number of nitrogens with one attached hydrogen (secondary N) is 1. The summed E-state index contributed by atoms with van der Waals surface area (Å²) in [6.07, 6.45) is 0. The standard InChI is InChI=1S/C20H28N6O/c1-16-5-4-6-17(15-16)25-11-13-26(14-12-25)20(27)18-7-8-19(23-22-18)21-9-10-24(2)3/h4-8,15H,9-14H2,1-3H3,(H,21,23). The van der Waals surface area contributed by atoms with Crippen LogP contribution in [0.2, 0.25) is 0 Å². The maximum absolute atomic E-state index is 12.7. The van der Waals surface area contributed by atoms with Gasteiger partial charge in [0.15, 0.2) is 5.69 Å². The molecular formula is C20H28N6O. The van der Waals surface area contributed by atoms with E-state index in [4.69, 9.17) is 0 Å². The van der Waals surface area contributed by atoms with E-state index >= 15 is 0 Å². The van der Waals surface area contributed by atoms with Crippen LogP contribution in [0.5, 0.6) is 0 Å². The number of amides is 1. The summed E-state index contributed by atoms with van der Waals surface area (Å²) in [5, 5.41) is 11.4. The number of benzene rings is 1. The number of hydrogen-bond acceptors (Lipinski definition) is 6. The Hall–Kier alpha value is -2.67. The Bertz CT molecular complexity index is 753. The van der Waals surface area contributed by atoms with Crippen molar-refractivity contribution in [2.75, 3.05) is 63.6 Å². The zero-order valence-corrected chi connectivity index (χ0v) is 16.4. The number of likely N-dealkylation sites (N-methyl/N-ethyl adjacent to an activating group) is 1. The lowest BCUT2D eigenvalue weighted by atomic mass is 10.2. The van der Waals surface area contributed by atoms with Crippen LogP contribution in [-0.4, -0.2) is 79.3 Å². The number of aryl methyl sites for hydroxylation is 1. The lowest BCUT2D eigenvalue weighted by Gasteiger charge is -2.36. The first-order valence-electron chi connectivity index (χ1n) is 9.36. The van der Waals surface area contributed by atoms with Crippen LogP contribution in [0.3, 0.4) is 0 Å². The Morgan fingerprint density at radius 1 is 1.11 bits per heavy atom. The van der Waals surface area contributed by atoms with Crippen molar-refractivity contribution in [3.05, 3.63) is 47.7 Å². The van der Waals surface area contributed by atoms with Gasteiger partial charge in [0.1, 0.15) is 5.82 Å². The first-order chi connectivity index (χ1) is 13.0. The largest absolute Gasteiger partial charge is 0.368 e. The highest BCUT2D eigenvalue weighted by Gasteiger charge is 2.23. The molecule has 7 heteroatoms. The first kappa shape index (κ1) is 19.1. The fourth-order valence-electron chi connectivity index (χ4n) is 3.10. The second-order valence-corrected chi connectivity index (χ2v) is 7.15. The quantitative estimate of drug-likeness (QED) is 0.838. The van der Waals surface area contributed by atoms with Crippen molar-refractivity contribution < 1.29 is 4.79 Å². The SMILES string of the molecule is Cc1cccc(N2CCN(C(=O)c3ccc(NCCN(C)C)nn3)CC2)c1. The van der Waals surface area contributed by atoms with Gasteiger partial charge < -0.3 is 20.0 Å². The molecule has 1 aliphatic rings. The van der Waals surface area contributed by atoms with E-state index in [1.807, 2.05) is 25.1 Å². The maximum atomic E-state index is 12.7. The Morgan fingerprint density at radius 2 is 1.89 bits per heavy atom. The average molecular weight is 368 g/mol. The van der Waals surface area contributed by atoms with E-state index in [2.05, 4.69) is 56.5 Å². The molecule has 1 aromatic heterocycles. The molecule has 1 amide bonds. The molecule has 2 aromatic rings. The molecular weight excluding hydrogens is 340 g/mol. The Balaban J connectivity index is 1.53. The fourth-order valence-corrected chi connectivity index (χ4v) is 3.10. The Labute approximate surface area is 161 Å². The van der Waals surface area contributed by atoms with Crippen LogP contribution in [0, 0.1) is 6.92 Å². The van der Waals surface area contributed by atoms with Crippen molar-refractivity contribution in [2.24, 2.45) is 0 Å². The van der Waals surface area contributed by atoms with Gasteiger partial charge >= 0.3 is 0 Å². The summed E-state index contributed by atoms with van der Waals surface area (Å²) < 4.78 is 0. The molecule has 2 heterocycles. The van der Waals surface area contributed by atoms with Crippen LogP contribution in [0.15, 0.2) is 36.4 Å². The number of piperazine rings is 1. The number of nitrogens with zero attached hydrogens (tertiary/aromatic N) is 5. The summed E-state index contributed by atoms with van der Waals surface area (Å²) in [5.74, 6) is 0.643. The summed E-state index contributed by atoms with van der Waals surface area (Å²) in [5.41, 5.74) is 2.87. The van der Waals surface area contributed by atoms with Gasteiger partial charge in [-0.1, -0.05) is 12.1 Å². The van der Waals surface area contributed by atoms with E-state index in [1.165, 1.54) is 11.3 Å². The molecule has 0 spiro atoms. The van der Waals surface area contributed by atoms with Gasteiger partial charge in [-0.05, 0) is 50.8 Å². The first-order valence-corrected chi connectivity index (χ1v) is 9.36. The second-order valence-electron chi connectivity index (χ2n) is 7.15. The minimum absolute atomic E-state index is 0.0498. The van der Waals surface area contributed by atoms with Crippen molar-refractivity contribution in [1.82, 2.24) is 20.0 Å². The normalized spacial score (nSPS) is 14.5. The molecule has 3 rings (SSSR count). The van der Waals surface area contributed by atoms with Gasteiger partial charge in [0, 0.05) is 45.0 Å². The fraction of sp³-hybridized carbons (Fsp3) is 0.450. The molecule has 0 unspecified atom stereocenters. The van der Waals surface area contributed by atoms with Gasteiger partial charge in [-0.25, -0.2) is 0 Å². The number of hydrogen-bond donors (Lipinski definition) is 1. The van der Waals surface area contributed by atoms with Crippen LogP contribution in [-0.2, 0) is 0 Å². The van der Waals surface area contributed by atoms with Gasteiger partial charge in [0.2, 0.25) is 0 Å². The monoisotopic (exact) mass is 368 g/mol. The smallest absolute Gasteiger partial charge is 0.274 e. The third-order valence-corrected chi connectivity index (χ3v) is 4.68. The molecule has 1 aromatic carbocycles. The summed E-state index contributed by atoms with van der Waals surface area (Å²) in [4.78, 5) is 19.0. The van der Waals surface area contributed by atoms with Gasteiger partial charge in [-0.2, -0.15) is 0 Å². The van der Waals surface area contributed by atoms with Gasteiger partial charge in [0.05, 0.1) is 0 Å². The average Bonchev–Trinajstić information content (AvgIpc) is 2.68. The number of carbonyl (C=O) groups is 1. The molecule has 144 valence electrons. The summed E-state index contributed by atoms with van der Waals surface area (Å²) in [7, 11) is 4.04.